The molecule has 0 unspecified atom stereocenters. The van der Waals surface area contributed by atoms with E-state index < -0.39 is 0 Å². The van der Waals surface area contributed by atoms with E-state index in [2.05, 4.69) is 34.3 Å². The Morgan fingerprint density at radius 3 is 2.71 bits per heavy atom. The summed E-state index contributed by atoms with van der Waals surface area (Å²) in [6.45, 7) is 6.35. The standard InChI is InChI=1S/C17H22FN3/c1-4-19-10-15-9-16(18)11-20-17(15)21(3)12-14-8-6-5-7-13(14)2/h5-9,11,19H,4,10,12H2,1-3H3. The summed E-state index contributed by atoms with van der Waals surface area (Å²) in [5.74, 6) is 0.525. The fourth-order valence-electron chi connectivity index (χ4n) is 2.33. The van der Waals surface area contributed by atoms with Gasteiger partial charge in [-0.15, -0.1) is 0 Å². The minimum absolute atomic E-state index is 0.295. The van der Waals surface area contributed by atoms with Gasteiger partial charge in [0, 0.05) is 25.7 Å². The van der Waals surface area contributed by atoms with Crippen LogP contribution in [0.4, 0.5) is 10.2 Å². The first-order valence-corrected chi connectivity index (χ1v) is 7.22. The van der Waals surface area contributed by atoms with E-state index in [0.717, 1.165) is 24.5 Å². The van der Waals surface area contributed by atoms with E-state index in [9.17, 15) is 4.39 Å². The van der Waals surface area contributed by atoms with Crippen molar-refractivity contribution in [1.29, 1.82) is 0 Å². The molecular formula is C17H22FN3. The van der Waals surface area contributed by atoms with E-state index in [0.29, 0.717) is 6.54 Å². The topological polar surface area (TPSA) is 28.2 Å². The molecule has 0 saturated carbocycles. The summed E-state index contributed by atoms with van der Waals surface area (Å²) in [7, 11) is 1.99. The van der Waals surface area contributed by atoms with Crippen LogP contribution in [0.25, 0.3) is 0 Å². The zero-order chi connectivity index (χ0) is 15.2. The maximum atomic E-state index is 13.4. The Bertz CT molecular complexity index is 598. The zero-order valence-corrected chi connectivity index (χ0v) is 12.9. The number of hydrogen-bond donors (Lipinski definition) is 1. The molecule has 0 aliphatic rings. The second kappa shape index (κ2) is 7.18. The molecule has 0 spiro atoms. The highest BCUT2D eigenvalue weighted by atomic mass is 19.1. The molecule has 1 aromatic heterocycles. The van der Waals surface area contributed by atoms with Gasteiger partial charge >= 0.3 is 0 Å². The lowest BCUT2D eigenvalue weighted by Gasteiger charge is -2.22. The van der Waals surface area contributed by atoms with Crippen molar-refractivity contribution in [2.24, 2.45) is 0 Å². The van der Waals surface area contributed by atoms with Gasteiger partial charge in [-0.3, -0.25) is 0 Å². The molecule has 0 radical (unpaired) electrons. The number of aromatic nitrogens is 1. The molecule has 1 heterocycles. The Morgan fingerprint density at radius 1 is 1.24 bits per heavy atom. The van der Waals surface area contributed by atoms with E-state index in [-0.39, 0.29) is 5.82 Å². The van der Waals surface area contributed by atoms with Crippen molar-refractivity contribution in [3.8, 4) is 0 Å². The highest BCUT2D eigenvalue weighted by Crippen LogP contribution is 2.20. The normalized spacial score (nSPS) is 10.7. The highest BCUT2D eigenvalue weighted by Gasteiger charge is 2.11. The van der Waals surface area contributed by atoms with Crippen molar-refractivity contribution < 1.29 is 4.39 Å². The average Bonchev–Trinajstić information content (AvgIpc) is 2.47. The summed E-state index contributed by atoms with van der Waals surface area (Å²) in [6.07, 6.45) is 1.28. The largest absolute Gasteiger partial charge is 0.355 e. The molecule has 0 atom stereocenters. The molecule has 0 aliphatic heterocycles. The number of halogens is 1. The molecular weight excluding hydrogens is 265 g/mol. The maximum absolute atomic E-state index is 13.4. The molecule has 4 heteroatoms. The van der Waals surface area contributed by atoms with Gasteiger partial charge in [-0.25, -0.2) is 9.37 Å². The minimum atomic E-state index is -0.295. The second-order valence-electron chi connectivity index (χ2n) is 5.20. The third kappa shape index (κ3) is 4.02. The van der Waals surface area contributed by atoms with Crippen molar-refractivity contribution in [3.05, 3.63) is 59.0 Å². The summed E-state index contributed by atoms with van der Waals surface area (Å²) in [4.78, 5) is 6.33. The number of nitrogens with one attached hydrogen (secondary N) is 1. The number of nitrogens with zero attached hydrogens (tertiary/aromatic N) is 2. The lowest BCUT2D eigenvalue weighted by molar-refractivity contribution is 0.613. The summed E-state index contributed by atoms with van der Waals surface area (Å²) in [5, 5.41) is 3.23. The van der Waals surface area contributed by atoms with Gasteiger partial charge in [0.1, 0.15) is 11.6 Å². The van der Waals surface area contributed by atoms with E-state index in [1.54, 1.807) is 6.07 Å². The van der Waals surface area contributed by atoms with Crippen LogP contribution in [-0.2, 0) is 13.1 Å². The molecule has 0 fully saturated rings. The number of aryl methyl sites for hydroxylation is 1. The van der Waals surface area contributed by atoms with Gasteiger partial charge in [0.2, 0.25) is 0 Å². The van der Waals surface area contributed by atoms with E-state index >= 15 is 0 Å². The number of benzene rings is 1. The van der Waals surface area contributed by atoms with Gasteiger partial charge < -0.3 is 10.2 Å². The molecule has 2 rings (SSSR count). The molecule has 1 aromatic carbocycles. The second-order valence-corrected chi connectivity index (χ2v) is 5.20. The van der Waals surface area contributed by atoms with Gasteiger partial charge in [-0.2, -0.15) is 0 Å². The zero-order valence-electron chi connectivity index (χ0n) is 12.9. The molecule has 0 amide bonds. The fourth-order valence-corrected chi connectivity index (χ4v) is 2.33. The first-order chi connectivity index (χ1) is 10.1. The van der Waals surface area contributed by atoms with Gasteiger partial charge in [-0.1, -0.05) is 31.2 Å². The van der Waals surface area contributed by atoms with Crippen molar-refractivity contribution in [1.82, 2.24) is 10.3 Å². The number of anilines is 1. The van der Waals surface area contributed by atoms with Crippen LogP contribution in [0.2, 0.25) is 0 Å². The third-order valence-electron chi connectivity index (χ3n) is 3.51. The molecule has 0 aliphatic carbocycles. The Morgan fingerprint density at radius 2 is 2.00 bits per heavy atom. The Balaban J connectivity index is 2.22. The minimum Gasteiger partial charge on any atom is -0.355 e. The van der Waals surface area contributed by atoms with Gasteiger partial charge in [0.15, 0.2) is 0 Å². The van der Waals surface area contributed by atoms with Crippen LogP contribution >= 0.6 is 0 Å². The monoisotopic (exact) mass is 287 g/mol. The van der Waals surface area contributed by atoms with Gasteiger partial charge in [0.05, 0.1) is 6.20 Å². The smallest absolute Gasteiger partial charge is 0.141 e. The number of pyridine rings is 1. The fraction of sp³-hybridized carbons (Fsp3) is 0.353. The van der Waals surface area contributed by atoms with E-state index in [1.807, 2.05) is 26.1 Å². The van der Waals surface area contributed by atoms with E-state index in [4.69, 9.17) is 0 Å². The molecule has 112 valence electrons. The van der Waals surface area contributed by atoms with Crippen LogP contribution in [0.15, 0.2) is 36.5 Å². The van der Waals surface area contributed by atoms with E-state index in [1.165, 1.54) is 17.3 Å². The first kappa shape index (κ1) is 15.4. The van der Waals surface area contributed by atoms with Gasteiger partial charge in [0.25, 0.3) is 0 Å². The quantitative estimate of drug-likeness (QED) is 0.884. The maximum Gasteiger partial charge on any atom is 0.141 e. The van der Waals surface area contributed by atoms with Gasteiger partial charge in [-0.05, 0) is 30.7 Å². The highest BCUT2D eigenvalue weighted by molar-refractivity contribution is 5.47. The molecule has 3 nitrogen and oxygen atoms in total. The molecule has 1 N–H and O–H groups in total. The average molecular weight is 287 g/mol. The third-order valence-corrected chi connectivity index (χ3v) is 3.51. The predicted molar refractivity (Wildman–Crippen MR) is 84.9 cm³/mol. The van der Waals surface area contributed by atoms with Crippen molar-refractivity contribution in [2.75, 3.05) is 18.5 Å². The molecule has 21 heavy (non-hydrogen) atoms. The van der Waals surface area contributed by atoms with Crippen LogP contribution in [0.1, 0.15) is 23.6 Å². The van der Waals surface area contributed by atoms with Crippen LogP contribution in [0.5, 0.6) is 0 Å². The molecule has 0 bridgehead atoms. The van der Waals surface area contributed by atoms with Crippen LogP contribution < -0.4 is 10.2 Å². The first-order valence-electron chi connectivity index (χ1n) is 7.22. The predicted octanol–water partition coefficient (Wildman–Crippen LogP) is 3.28. The lowest BCUT2D eigenvalue weighted by atomic mass is 10.1. The van der Waals surface area contributed by atoms with Crippen molar-refractivity contribution in [2.45, 2.75) is 26.9 Å². The number of hydrogen-bond acceptors (Lipinski definition) is 3. The summed E-state index contributed by atoms with van der Waals surface area (Å²) < 4.78 is 13.4. The summed E-state index contributed by atoms with van der Waals surface area (Å²) in [6, 6.07) is 9.83. The summed E-state index contributed by atoms with van der Waals surface area (Å²) in [5.41, 5.74) is 3.38. The molecule has 0 saturated heterocycles. The molecule has 2 aromatic rings. The van der Waals surface area contributed by atoms with Crippen molar-refractivity contribution >= 4 is 5.82 Å². The SMILES string of the molecule is CCNCc1cc(F)cnc1N(C)Cc1ccccc1C. The van der Waals surface area contributed by atoms with Crippen LogP contribution in [-0.4, -0.2) is 18.6 Å². The Kier molecular flexibility index (Phi) is 5.28. The summed E-state index contributed by atoms with van der Waals surface area (Å²) >= 11 is 0. The lowest BCUT2D eigenvalue weighted by Crippen LogP contribution is -2.22. The Labute approximate surface area is 125 Å². The number of rotatable bonds is 6. The Hall–Kier alpha value is -1.94. The van der Waals surface area contributed by atoms with Crippen LogP contribution in [0.3, 0.4) is 0 Å². The van der Waals surface area contributed by atoms with Crippen molar-refractivity contribution in [3.63, 3.8) is 0 Å². The van der Waals surface area contributed by atoms with Crippen LogP contribution in [0, 0.1) is 12.7 Å².